The van der Waals surface area contributed by atoms with E-state index in [0.29, 0.717) is 0 Å². The van der Waals surface area contributed by atoms with Crippen molar-refractivity contribution in [3.8, 4) is 0 Å². The summed E-state index contributed by atoms with van der Waals surface area (Å²) in [7, 11) is 0. The fraction of sp³-hybridized carbons (Fsp3) is 0. The molecular weight excluding hydrogens is 322 g/mol. The Labute approximate surface area is 151 Å². The van der Waals surface area contributed by atoms with E-state index < -0.39 is 0 Å². The van der Waals surface area contributed by atoms with Crippen LogP contribution in [-0.2, 0) is 0 Å². The van der Waals surface area contributed by atoms with Crippen LogP contribution in [0.4, 0.5) is 14.1 Å². The zero-order valence-electron chi connectivity index (χ0n) is 9.35. The van der Waals surface area contributed by atoms with Crippen LogP contribution >= 0.6 is 0 Å². The van der Waals surface area contributed by atoms with Gasteiger partial charge in [0.05, 0.1) is 0 Å². The van der Waals surface area contributed by atoms with Gasteiger partial charge in [0.1, 0.15) is 0 Å². The quantitative estimate of drug-likeness (QED) is 0.548. The van der Waals surface area contributed by atoms with Crippen LogP contribution in [0, 0.1) is 0 Å². The molecule has 0 amide bonds. The fourth-order valence-electron chi connectivity index (χ4n) is 0. The van der Waals surface area contributed by atoms with E-state index in [-0.39, 0.29) is 155 Å². The van der Waals surface area contributed by atoms with Crippen molar-refractivity contribution in [3.05, 3.63) is 0 Å². The number of halogens is 3. The molecule has 0 bridgehead atoms. The first kappa shape index (κ1) is 49.7. The van der Waals surface area contributed by atoms with Gasteiger partial charge in [0, 0.05) is 0 Å². The third-order valence-corrected chi connectivity index (χ3v) is 0. The second kappa shape index (κ2) is 35.5. The Morgan fingerprint density at radius 2 is 0.833 bits per heavy atom. The van der Waals surface area contributed by atoms with Gasteiger partial charge in [-0.15, -0.1) is 0 Å². The third kappa shape index (κ3) is 24.3. The van der Waals surface area contributed by atoms with Crippen molar-refractivity contribution in [1.29, 1.82) is 0 Å². The van der Waals surface area contributed by atoms with Crippen molar-refractivity contribution in [3.63, 3.8) is 0 Å². The molecule has 0 radical (unpaired) electrons. The average molecular weight is 331 g/mol. The van der Waals surface area contributed by atoms with Gasteiger partial charge in [-0.05, 0) is 0 Å². The third-order valence-electron chi connectivity index (χ3n) is 0. The Morgan fingerprint density at radius 3 is 0.833 bits per heavy atom. The van der Waals surface area contributed by atoms with E-state index in [2.05, 4.69) is 0 Å². The average Bonchev–Trinajstić information content (AvgIpc) is 0. The maximum Gasteiger partial charge on any atom is 2.00 e. The molecule has 0 saturated heterocycles. The molecule has 0 heterocycles. The molecular formula is H9BaCaF3Sr. The molecule has 0 aliphatic carbocycles. The normalized spacial score (nSPS) is 0. The second-order valence-electron chi connectivity index (χ2n) is 0. The van der Waals surface area contributed by atoms with Gasteiger partial charge in [-0.1, -0.05) is 0 Å². The van der Waals surface area contributed by atoms with E-state index in [1.165, 1.54) is 0 Å². The predicted octanol–water partition coefficient (Wildman–Crippen LogP) is -0.00990. The summed E-state index contributed by atoms with van der Waals surface area (Å²) in [5.41, 5.74) is 0. The zero-order valence-corrected chi connectivity index (χ0v) is 13.5. The minimum Gasteiger partial charge on any atom is -1.00 e. The van der Waals surface area contributed by atoms with Crippen LogP contribution in [0.5, 0.6) is 0 Å². The first-order valence-electron chi connectivity index (χ1n) is 0. The van der Waals surface area contributed by atoms with Crippen LogP contribution in [-0.4, -0.2) is 132 Å². The van der Waals surface area contributed by atoms with Crippen LogP contribution in [0.2, 0.25) is 0 Å². The van der Waals surface area contributed by atoms with E-state index >= 15 is 0 Å². The first-order chi connectivity index (χ1) is 0. The molecule has 0 fully saturated rings. The van der Waals surface area contributed by atoms with Crippen molar-refractivity contribution in [2.24, 2.45) is 0 Å². The van der Waals surface area contributed by atoms with Crippen LogP contribution < -0.4 is 0 Å². The van der Waals surface area contributed by atoms with E-state index in [1.807, 2.05) is 0 Å². The largest absolute Gasteiger partial charge is 2.00 e. The van der Waals surface area contributed by atoms with Gasteiger partial charge in [-0.3, -0.25) is 14.1 Å². The molecule has 36 valence electrons. The Balaban J connectivity index is 0. The van der Waals surface area contributed by atoms with Crippen molar-refractivity contribution in [2.75, 3.05) is 0 Å². The van der Waals surface area contributed by atoms with Gasteiger partial charge in [0.25, 0.3) is 0 Å². The topological polar surface area (TPSA) is 0 Å². The van der Waals surface area contributed by atoms with Crippen molar-refractivity contribution < 1.29 is 22.7 Å². The SMILES string of the molecule is F.F.F.[Ba+2].[Ca+2].[H-].[H-].[H-].[H-].[H-].[H-].[Sr+2]. The molecule has 0 spiro atoms. The zero-order chi connectivity index (χ0) is 0. The molecule has 0 N–H and O–H groups in total. The molecule has 6 heavy (non-hydrogen) atoms. The summed E-state index contributed by atoms with van der Waals surface area (Å²) in [6, 6.07) is 0. The molecule has 0 atom stereocenters. The summed E-state index contributed by atoms with van der Waals surface area (Å²) < 4.78 is 0. The number of rotatable bonds is 0. The molecule has 0 aromatic carbocycles. The maximum atomic E-state index is 0. The standard InChI is InChI=1S/Ba.Ca.3FH.Sr.6H/h;;3*1H;;;;;;;/q2*+2;;;;+2;6*-1. The van der Waals surface area contributed by atoms with Crippen LogP contribution in [0.25, 0.3) is 0 Å². The van der Waals surface area contributed by atoms with Gasteiger partial charge in [0.15, 0.2) is 0 Å². The van der Waals surface area contributed by atoms with Gasteiger partial charge in [0.2, 0.25) is 0 Å². The van der Waals surface area contributed by atoms with Crippen molar-refractivity contribution >= 4 is 132 Å². The minimum atomic E-state index is 0. The smallest absolute Gasteiger partial charge is 1.00 e. The predicted molar refractivity (Wildman–Crippen MR) is 31.4 cm³/mol. The van der Waals surface area contributed by atoms with E-state index in [0.717, 1.165) is 0 Å². The summed E-state index contributed by atoms with van der Waals surface area (Å²) in [5.74, 6) is 0. The van der Waals surface area contributed by atoms with E-state index in [9.17, 15) is 0 Å². The molecule has 0 rings (SSSR count). The Morgan fingerprint density at radius 1 is 0.833 bits per heavy atom. The number of hydrogen-bond donors (Lipinski definition) is 0. The summed E-state index contributed by atoms with van der Waals surface area (Å²) in [5, 5.41) is 0. The maximum absolute atomic E-state index is 0. The van der Waals surface area contributed by atoms with Crippen molar-refractivity contribution in [2.45, 2.75) is 0 Å². The molecule has 0 aliphatic heterocycles. The van der Waals surface area contributed by atoms with Gasteiger partial charge < -0.3 is 8.56 Å². The Kier molecular flexibility index (Phi) is 294. The first-order valence-corrected chi connectivity index (χ1v) is 0. The summed E-state index contributed by atoms with van der Waals surface area (Å²) in [6.07, 6.45) is 0. The van der Waals surface area contributed by atoms with Gasteiger partial charge in [-0.25, -0.2) is 0 Å². The van der Waals surface area contributed by atoms with E-state index in [4.69, 9.17) is 0 Å². The summed E-state index contributed by atoms with van der Waals surface area (Å²) in [4.78, 5) is 0. The molecule has 0 unspecified atom stereocenters. The molecule has 0 nitrogen and oxygen atoms in total. The van der Waals surface area contributed by atoms with Crippen molar-refractivity contribution in [1.82, 2.24) is 0 Å². The van der Waals surface area contributed by atoms with E-state index in [1.54, 1.807) is 0 Å². The summed E-state index contributed by atoms with van der Waals surface area (Å²) >= 11 is 0. The Hall–Kier alpha value is 4.10. The Bertz CT molecular complexity index is 22.8. The monoisotopic (exact) mass is 332 g/mol. The summed E-state index contributed by atoms with van der Waals surface area (Å²) in [6.45, 7) is 0. The minimum absolute atomic E-state index is 0. The van der Waals surface area contributed by atoms with Crippen LogP contribution in [0.15, 0.2) is 0 Å². The molecule has 0 aliphatic rings. The molecule has 0 saturated carbocycles. The second-order valence-corrected chi connectivity index (χ2v) is 0. The van der Waals surface area contributed by atoms with Crippen LogP contribution in [0.3, 0.4) is 0 Å². The van der Waals surface area contributed by atoms with Gasteiger partial charge >= 0.3 is 132 Å². The molecule has 0 aromatic heterocycles. The van der Waals surface area contributed by atoms with Crippen LogP contribution in [0.1, 0.15) is 8.56 Å². The fourth-order valence-corrected chi connectivity index (χ4v) is 0. The molecule has 0 aromatic rings. The molecule has 6 heteroatoms. The number of hydrogen-bond acceptors (Lipinski definition) is 0. The van der Waals surface area contributed by atoms with Gasteiger partial charge in [-0.2, -0.15) is 0 Å².